The zero-order valence-electron chi connectivity index (χ0n) is 19.3. The second-order valence-electron chi connectivity index (χ2n) is 9.52. The number of anilines is 1. The molecular weight excluding hydrogens is 434 g/mol. The van der Waals surface area contributed by atoms with Gasteiger partial charge in [0.25, 0.3) is 0 Å². The molecule has 2 fully saturated rings. The van der Waals surface area contributed by atoms with Gasteiger partial charge < -0.3 is 14.9 Å². The van der Waals surface area contributed by atoms with Crippen molar-refractivity contribution in [3.8, 4) is 16.5 Å². The Morgan fingerprint density at radius 2 is 1.73 bits per heavy atom. The minimum Gasteiger partial charge on any atom is -0.477 e. The number of nitrogens with zero attached hydrogens (tertiary/aromatic N) is 3. The highest BCUT2D eigenvalue weighted by Crippen LogP contribution is 2.41. The molecule has 0 unspecified atom stereocenters. The molecule has 0 radical (unpaired) electrons. The minimum absolute atomic E-state index is 0.00886. The van der Waals surface area contributed by atoms with E-state index in [1.807, 2.05) is 23.1 Å². The van der Waals surface area contributed by atoms with Crippen molar-refractivity contribution in [1.82, 2.24) is 4.90 Å². The Morgan fingerprint density at radius 1 is 1.09 bits per heavy atom. The quantitative estimate of drug-likeness (QED) is 0.653. The van der Waals surface area contributed by atoms with E-state index >= 15 is 0 Å². The van der Waals surface area contributed by atoms with Crippen LogP contribution in [0, 0.1) is 23.2 Å². The first-order valence-electron chi connectivity index (χ1n) is 11.8. The van der Waals surface area contributed by atoms with Crippen molar-refractivity contribution in [3.05, 3.63) is 40.8 Å². The molecule has 2 aliphatic rings. The molecule has 1 saturated heterocycles. The Kier molecular flexibility index (Phi) is 7.16. The lowest BCUT2D eigenvalue weighted by Gasteiger charge is -2.39. The van der Waals surface area contributed by atoms with Gasteiger partial charge in [0.1, 0.15) is 4.88 Å². The molecule has 1 saturated carbocycles. The number of hydrogen-bond donors (Lipinski definition) is 1. The van der Waals surface area contributed by atoms with Crippen LogP contribution in [-0.2, 0) is 4.79 Å². The van der Waals surface area contributed by atoms with Crippen LogP contribution in [0.4, 0.5) is 5.69 Å². The number of aromatic carboxylic acids is 1. The third-order valence-electron chi connectivity index (χ3n) is 7.12. The Labute approximate surface area is 199 Å². The maximum Gasteiger partial charge on any atom is 0.348 e. The highest BCUT2D eigenvalue weighted by molar-refractivity contribution is 7.18. The van der Waals surface area contributed by atoms with E-state index < -0.39 is 5.97 Å². The Morgan fingerprint density at radius 3 is 2.30 bits per heavy atom. The summed E-state index contributed by atoms with van der Waals surface area (Å²) in [5.74, 6) is -0.314. The van der Waals surface area contributed by atoms with Crippen molar-refractivity contribution in [1.29, 1.82) is 5.26 Å². The van der Waals surface area contributed by atoms with Crippen LogP contribution in [0.25, 0.3) is 10.4 Å². The molecular formula is C26H31N3O3S. The number of piperidine rings is 1. The number of carboxylic acids is 1. The minimum atomic E-state index is -1.00. The summed E-state index contributed by atoms with van der Waals surface area (Å²) >= 11 is 1.20. The van der Waals surface area contributed by atoms with Crippen LogP contribution in [0.15, 0.2) is 30.3 Å². The molecule has 1 aromatic carbocycles. The van der Waals surface area contributed by atoms with Crippen LogP contribution in [0.1, 0.15) is 60.7 Å². The lowest BCUT2D eigenvalue weighted by Crippen LogP contribution is -2.49. The SMILES string of the molecule is CC1CCC(C(=O)N(c2cc(-c3ccc(C#N)cc3)sc2C(=O)O)C2CCN(C)CC2)CC1. The van der Waals surface area contributed by atoms with Gasteiger partial charge in [0.15, 0.2) is 0 Å². The number of rotatable bonds is 5. The second-order valence-corrected chi connectivity index (χ2v) is 10.6. The van der Waals surface area contributed by atoms with E-state index in [9.17, 15) is 14.7 Å². The number of carbonyl (C=O) groups excluding carboxylic acids is 1. The Bertz CT molecular complexity index is 1040. The molecule has 0 atom stereocenters. The van der Waals surface area contributed by atoms with Gasteiger partial charge in [-0.3, -0.25) is 4.79 Å². The summed E-state index contributed by atoms with van der Waals surface area (Å²) in [5.41, 5.74) is 1.95. The van der Waals surface area contributed by atoms with Crippen LogP contribution in [-0.4, -0.2) is 48.1 Å². The summed E-state index contributed by atoms with van der Waals surface area (Å²) in [6.07, 6.45) is 5.52. The summed E-state index contributed by atoms with van der Waals surface area (Å²) in [6.45, 7) is 4.02. The normalized spacial score (nSPS) is 22.0. The van der Waals surface area contributed by atoms with Crippen LogP contribution < -0.4 is 4.90 Å². The fourth-order valence-corrected chi connectivity index (χ4v) is 6.01. The molecule has 1 aromatic heterocycles. The van der Waals surface area contributed by atoms with E-state index in [4.69, 9.17) is 5.26 Å². The van der Waals surface area contributed by atoms with Gasteiger partial charge in [-0.05, 0) is 88.3 Å². The van der Waals surface area contributed by atoms with Crippen molar-refractivity contribution in [2.24, 2.45) is 11.8 Å². The van der Waals surface area contributed by atoms with Gasteiger partial charge in [0.2, 0.25) is 5.91 Å². The van der Waals surface area contributed by atoms with Crippen molar-refractivity contribution < 1.29 is 14.7 Å². The third kappa shape index (κ3) is 5.13. The third-order valence-corrected chi connectivity index (χ3v) is 8.28. The standard InChI is InChI=1S/C26H31N3O3S/c1-17-3-7-20(8-4-17)25(30)29(21-11-13-28(2)14-12-21)22-15-23(33-24(22)26(31)32)19-9-5-18(16-27)6-10-19/h5-6,9-10,15,17,20-21H,3-4,7-8,11-14H2,1-2H3,(H,31,32). The lowest BCUT2D eigenvalue weighted by molar-refractivity contribution is -0.124. The molecule has 2 heterocycles. The van der Waals surface area contributed by atoms with Gasteiger partial charge in [0, 0.05) is 16.8 Å². The molecule has 1 aliphatic heterocycles. The maximum atomic E-state index is 13.9. The monoisotopic (exact) mass is 465 g/mol. The van der Waals surface area contributed by atoms with Crippen LogP contribution in [0.3, 0.4) is 0 Å². The summed E-state index contributed by atoms with van der Waals surface area (Å²) in [5, 5.41) is 19.1. The molecule has 0 bridgehead atoms. The van der Waals surface area contributed by atoms with Gasteiger partial charge in [-0.25, -0.2) is 4.79 Å². The molecule has 174 valence electrons. The molecule has 7 heteroatoms. The number of likely N-dealkylation sites (tertiary alicyclic amines) is 1. The number of benzene rings is 1. The van der Waals surface area contributed by atoms with Crippen LogP contribution >= 0.6 is 11.3 Å². The van der Waals surface area contributed by atoms with E-state index in [0.29, 0.717) is 17.2 Å². The zero-order chi connectivity index (χ0) is 23.5. The smallest absolute Gasteiger partial charge is 0.348 e. The van der Waals surface area contributed by atoms with Crippen molar-refractivity contribution in [2.75, 3.05) is 25.0 Å². The Hall–Kier alpha value is -2.69. The summed E-state index contributed by atoms with van der Waals surface area (Å²) < 4.78 is 0. The molecule has 4 rings (SSSR count). The average molecular weight is 466 g/mol. The fraction of sp³-hybridized carbons (Fsp3) is 0.500. The van der Waals surface area contributed by atoms with Gasteiger partial charge in [0.05, 0.1) is 17.3 Å². The number of nitriles is 1. The van der Waals surface area contributed by atoms with Crippen LogP contribution in [0.2, 0.25) is 0 Å². The van der Waals surface area contributed by atoms with E-state index in [1.54, 1.807) is 12.1 Å². The predicted octanol–water partition coefficient (Wildman–Crippen LogP) is 5.24. The van der Waals surface area contributed by atoms with E-state index in [0.717, 1.165) is 62.1 Å². The van der Waals surface area contributed by atoms with Gasteiger partial charge in [-0.2, -0.15) is 5.26 Å². The van der Waals surface area contributed by atoms with E-state index in [1.165, 1.54) is 11.3 Å². The molecule has 1 N–H and O–H groups in total. The number of carbonyl (C=O) groups is 2. The largest absolute Gasteiger partial charge is 0.477 e. The molecule has 6 nitrogen and oxygen atoms in total. The zero-order valence-corrected chi connectivity index (χ0v) is 20.1. The second kappa shape index (κ2) is 10.1. The van der Waals surface area contributed by atoms with E-state index in [-0.39, 0.29) is 22.7 Å². The highest BCUT2D eigenvalue weighted by Gasteiger charge is 2.37. The number of amides is 1. The molecule has 33 heavy (non-hydrogen) atoms. The summed E-state index contributed by atoms with van der Waals surface area (Å²) in [7, 11) is 2.08. The van der Waals surface area contributed by atoms with Gasteiger partial charge in [-0.1, -0.05) is 19.1 Å². The fourth-order valence-electron chi connectivity index (χ4n) is 5.02. The predicted molar refractivity (Wildman–Crippen MR) is 131 cm³/mol. The molecule has 1 aliphatic carbocycles. The first-order valence-corrected chi connectivity index (χ1v) is 12.6. The lowest BCUT2D eigenvalue weighted by atomic mass is 9.82. The number of hydrogen-bond acceptors (Lipinski definition) is 5. The van der Waals surface area contributed by atoms with Gasteiger partial charge in [-0.15, -0.1) is 11.3 Å². The first kappa shape index (κ1) is 23.5. The topological polar surface area (TPSA) is 84.6 Å². The van der Waals surface area contributed by atoms with Crippen LogP contribution in [0.5, 0.6) is 0 Å². The van der Waals surface area contributed by atoms with Crippen molar-refractivity contribution >= 4 is 28.9 Å². The molecule has 0 spiro atoms. The van der Waals surface area contributed by atoms with Crippen molar-refractivity contribution in [3.63, 3.8) is 0 Å². The Balaban J connectivity index is 1.73. The first-order chi connectivity index (χ1) is 15.9. The van der Waals surface area contributed by atoms with Crippen molar-refractivity contribution in [2.45, 2.75) is 51.5 Å². The number of thiophene rings is 1. The average Bonchev–Trinajstić information content (AvgIpc) is 3.26. The molecule has 1 amide bonds. The molecule has 2 aromatic rings. The summed E-state index contributed by atoms with van der Waals surface area (Å²) in [6, 6.07) is 11.1. The summed E-state index contributed by atoms with van der Waals surface area (Å²) in [4.78, 5) is 31.3. The van der Waals surface area contributed by atoms with Gasteiger partial charge >= 0.3 is 5.97 Å². The highest BCUT2D eigenvalue weighted by atomic mass is 32.1. The maximum absolute atomic E-state index is 13.9. The number of carboxylic acid groups (broad SMARTS) is 1. The van der Waals surface area contributed by atoms with E-state index in [2.05, 4.69) is 24.9 Å².